The number of amidine groups is 1. The first-order valence-electron chi connectivity index (χ1n) is 4.09. The number of H-pyrrole nitrogens is 1. The van der Waals surface area contributed by atoms with Crippen LogP contribution in [0.4, 0.5) is 0 Å². The van der Waals surface area contributed by atoms with Crippen LogP contribution in [0, 0.1) is 5.41 Å². The molecule has 76 valence electrons. The van der Waals surface area contributed by atoms with E-state index < -0.39 is 0 Å². The summed E-state index contributed by atoms with van der Waals surface area (Å²) in [5, 5.41) is 14.3. The van der Waals surface area contributed by atoms with Crippen molar-refractivity contribution in [3.8, 4) is 0 Å². The van der Waals surface area contributed by atoms with Crippen molar-refractivity contribution in [1.29, 1.82) is 5.41 Å². The van der Waals surface area contributed by atoms with Crippen molar-refractivity contribution in [2.24, 2.45) is 5.73 Å². The Morgan fingerprint density at radius 2 is 2.27 bits per heavy atom. The van der Waals surface area contributed by atoms with Gasteiger partial charge in [0.2, 0.25) is 0 Å². The van der Waals surface area contributed by atoms with E-state index in [0.717, 1.165) is 4.90 Å². The van der Waals surface area contributed by atoms with Crippen LogP contribution >= 0.6 is 11.8 Å². The summed E-state index contributed by atoms with van der Waals surface area (Å²) in [5.74, 6) is -0.0359. The highest BCUT2D eigenvalue weighted by molar-refractivity contribution is 7.99. The lowest BCUT2D eigenvalue weighted by molar-refractivity contribution is 0.972. The molecule has 0 radical (unpaired) electrons. The number of rotatable bonds is 3. The molecule has 0 saturated heterocycles. The van der Waals surface area contributed by atoms with Crippen LogP contribution in [-0.2, 0) is 0 Å². The number of aromatic amines is 1. The number of nitrogens with zero attached hydrogens (tertiary/aromatic N) is 3. The molecule has 2 aromatic rings. The summed E-state index contributed by atoms with van der Waals surface area (Å²) in [4.78, 5) is 8.91. The molecule has 0 aliphatic carbocycles. The molecule has 0 aromatic carbocycles. The van der Waals surface area contributed by atoms with Gasteiger partial charge in [-0.25, -0.2) is 4.98 Å². The summed E-state index contributed by atoms with van der Waals surface area (Å²) in [5.41, 5.74) is 5.75. The van der Waals surface area contributed by atoms with E-state index in [1.807, 2.05) is 6.07 Å². The molecular weight excluding hydrogens is 212 g/mol. The molecule has 15 heavy (non-hydrogen) atoms. The summed E-state index contributed by atoms with van der Waals surface area (Å²) in [6.07, 6.45) is 3.09. The molecule has 0 aliphatic rings. The zero-order chi connectivity index (χ0) is 10.7. The summed E-state index contributed by atoms with van der Waals surface area (Å²) >= 11 is 1.41. The number of aromatic nitrogens is 4. The lowest BCUT2D eigenvalue weighted by atomic mass is 10.3. The number of nitrogens with two attached hydrogens (primary N) is 1. The highest BCUT2D eigenvalue weighted by atomic mass is 32.2. The predicted molar refractivity (Wildman–Crippen MR) is 55.8 cm³/mol. The summed E-state index contributed by atoms with van der Waals surface area (Å²) in [6, 6.07) is 3.53. The van der Waals surface area contributed by atoms with Crippen molar-refractivity contribution >= 4 is 17.6 Å². The van der Waals surface area contributed by atoms with Gasteiger partial charge in [-0.1, -0.05) is 0 Å². The van der Waals surface area contributed by atoms with Crippen molar-refractivity contribution in [2.75, 3.05) is 0 Å². The summed E-state index contributed by atoms with van der Waals surface area (Å²) in [6.45, 7) is 0. The highest BCUT2D eigenvalue weighted by Gasteiger charge is 2.02. The topological polar surface area (TPSA) is 104 Å². The fourth-order valence-corrected chi connectivity index (χ4v) is 1.62. The molecule has 0 fully saturated rings. The Bertz CT molecular complexity index is 448. The van der Waals surface area contributed by atoms with Crippen LogP contribution in [0.2, 0.25) is 0 Å². The molecule has 0 amide bonds. The molecule has 4 N–H and O–H groups in total. The lowest BCUT2D eigenvalue weighted by Crippen LogP contribution is -2.12. The van der Waals surface area contributed by atoms with E-state index in [4.69, 9.17) is 11.1 Å². The van der Waals surface area contributed by atoms with Gasteiger partial charge >= 0.3 is 0 Å². The minimum Gasteiger partial charge on any atom is -0.382 e. The zero-order valence-corrected chi connectivity index (χ0v) is 8.45. The Labute approximate surface area is 89.8 Å². The molecule has 0 bridgehead atoms. The fourth-order valence-electron chi connectivity index (χ4n) is 0.955. The first kappa shape index (κ1) is 9.66. The molecule has 2 heterocycles. The van der Waals surface area contributed by atoms with Gasteiger partial charge in [0.05, 0.1) is 0 Å². The van der Waals surface area contributed by atoms with Crippen LogP contribution in [0.5, 0.6) is 0 Å². The number of nitrogens with one attached hydrogen (secondary N) is 2. The molecule has 0 atom stereocenters. The Morgan fingerprint density at radius 1 is 1.40 bits per heavy atom. The largest absolute Gasteiger partial charge is 0.382 e. The van der Waals surface area contributed by atoms with Crippen LogP contribution in [0.15, 0.2) is 34.7 Å². The van der Waals surface area contributed by atoms with Crippen LogP contribution in [0.1, 0.15) is 5.69 Å². The molecule has 2 aromatic heterocycles. The van der Waals surface area contributed by atoms with E-state index in [0.29, 0.717) is 10.9 Å². The minimum atomic E-state index is -0.0359. The highest BCUT2D eigenvalue weighted by Crippen LogP contribution is 2.22. The Hall–Kier alpha value is -1.89. The molecule has 6 nitrogen and oxygen atoms in total. The molecular formula is C8H8N6S. The van der Waals surface area contributed by atoms with Gasteiger partial charge in [-0.15, -0.1) is 0 Å². The smallest absolute Gasteiger partial charge is 0.188 e. The van der Waals surface area contributed by atoms with Gasteiger partial charge in [0.1, 0.15) is 17.9 Å². The second kappa shape index (κ2) is 4.09. The van der Waals surface area contributed by atoms with E-state index in [2.05, 4.69) is 20.2 Å². The second-order valence-corrected chi connectivity index (χ2v) is 3.75. The van der Waals surface area contributed by atoms with E-state index in [9.17, 15) is 0 Å². The number of pyridine rings is 1. The standard InChI is InChI=1S/C8H8N6S/c9-7(10)6-2-1-5(3-11-6)15-8-12-4-13-14-8/h1-4H,(H3,9,10)(H,12,13,14). The van der Waals surface area contributed by atoms with Gasteiger partial charge in [-0.2, -0.15) is 5.10 Å². The van der Waals surface area contributed by atoms with Gasteiger partial charge in [0.15, 0.2) is 5.16 Å². The first-order valence-corrected chi connectivity index (χ1v) is 4.91. The zero-order valence-electron chi connectivity index (χ0n) is 7.64. The van der Waals surface area contributed by atoms with Crippen molar-refractivity contribution in [3.05, 3.63) is 30.4 Å². The third-order valence-corrected chi connectivity index (χ3v) is 2.49. The third-order valence-electron chi connectivity index (χ3n) is 1.62. The predicted octanol–water partition coefficient (Wildman–Crippen LogP) is 0.635. The quantitative estimate of drug-likeness (QED) is 0.520. The third kappa shape index (κ3) is 2.32. The van der Waals surface area contributed by atoms with Gasteiger partial charge in [-0.3, -0.25) is 15.5 Å². The summed E-state index contributed by atoms with van der Waals surface area (Å²) in [7, 11) is 0. The average molecular weight is 220 g/mol. The van der Waals surface area contributed by atoms with Crippen molar-refractivity contribution in [3.63, 3.8) is 0 Å². The Balaban J connectivity index is 2.14. The van der Waals surface area contributed by atoms with E-state index in [1.54, 1.807) is 12.3 Å². The van der Waals surface area contributed by atoms with Crippen molar-refractivity contribution in [1.82, 2.24) is 20.2 Å². The van der Waals surface area contributed by atoms with Gasteiger partial charge in [0.25, 0.3) is 0 Å². The van der Waals surface area contributed by atoms with Crippen LogP contribution < -0.4 is 5.73 Å². The summed E-state index contributed by atoms with van der Waals surface area (Å²) < 4.78 is 0. The van der Waals surface area contributed by atoms with E-state index in [1.165, 1.54) is 18.1 Å². The van der Waals surface area contributed by atoms with E-state index >= 15 is 0 Å². The van der Waals surface area contributed by atoms with Gasteiger partial charge in [-0.05, 0) is 23.9 Å². The van der Waals surface area contributed by atoms with Crippen molar-refractivity contribution < 1.29 is 0 Å². The number of hydrogen-bond acceptors (Lipinski definition) is 5. The number of hydrogen-bond donors (Lipinski definition) is 3. The van der Waals surface area contributed by atoms with Crippen LogP contribution in [0.25, 0.3) is 0 Å². The Morgan fingerprint density at radius 3 is 2.80 bits per heavy atom. The van der Waals surface area contributed by atoms with Gasteiger partial charge in [0, 0.05) is 11.1 Å². The normalized spacial score (nSPS) is 10.1. The Kier molecular flexibility index (Phi) is 2.64. The minimum absolute atomic E-state index is 0.0359. The molecule has 7 heteroatoms. The lowest BCUT2D eigenvalue weighted by Gasteiger charge is -1.99. The van der Waals surface area contributed by atoms with Gasteiger partial charge < -0.3 is 5.73 Å². The SMILES string of the molecule is N=C(N)c1ccc(Sc2ncn[nH]2)cn1. The average Bonchev–Trinajstić information content (AvgIpc) is 2.71. The molecule has 0 unspecified atom stereocenters. The molecule has 0 saturated carbocycles. The molecule has 0 aliphatic heterocycles. The van der Waals surface area contributed by atoms with E-state index in [-0.39, 0.29) is 5.84 Å². The number of nitrogen functional groups attached to an aromatic ring is 1. The molecule has 2 rings (SSSR count). The maximum atomic E-state index is 7.18. The maximum absolute atomic E-state index is 7.18. The monoisotopic (exact) mass is 220 g/mol. The second-order valence-electron chi connectivity index (χ2n) is 2.69. The fraction of sp³-hybridized carbons (Fsp3) is 0. The maximum Gasteiger partial charge on any atom is 0.188 e. The van der Waals surface area contributed by atoms with Crippen LogP contribution in [0.3, 0.4) is 0 Å². The van der Waals surface area contributed by atoms with Crippen LogP contribution in [-0.4, -0.2) is 26.0 Å². The molecule has 0 spiro atoms. The first-order chi connectivity index (χ1) is 7.25. The van der Waals surface area contributed by atoms with Crippen molar-refractivity contribution in [2.45, 2.75) is 10.1 Å².